The molecule has 0 spiro atoms. The number of anilines is 2. The van der Waals surface area contributed by atoms with Crippen LogP contribution in [-0.4, -0.2) is 73.9 Å². The number of amides is 1. The van der Waals surface area contributed by atoms with Crippen LogP contribution in [0.1, 0.15) is 26.3 Å². The number of benzene rings is 2. The Morgan fingerprint density at radius 1 is 1.09 bits per heavy atom. The average Bonchev–Trinajstić information content (AvgIpc) is 2.80. The number of aryl methyl sites for hydroxylation is 1. The number of hydrogen-bond donors (Lipinski definition) is 2. The summed E-state index contributed by atoms with van der Waals surface area (Å²) >= 11 is 0. The molecule has 2 aromatic carbocycles. The Balaban J connectivity index is 1.66. The second-order valence-electron chi connectivity index (χ2n) is 8.25. The summed E-state index contributed by atoms with van der Waals surface area (Å²) in [6, 6.07) is 11.9. The van der Waals surface area contributed by atoms with Crippen molar-refractivity contribution in [2.45, 2.75) is 38.6 Å². The van der Waals surface area contributed by atoms with Crippen LogP contribution in [0.3, 0.4) is 0 Å². The van der Waals surface area contributed by atoms with Gasteiger partial charge in [0, 0.05) is 45.0 Å². The van der Waals surface area contributed by atoms with Gasteiger partial charge < -0.3 is 15.3 Å². The highest BCUT2D eigenvalue weighted by molar-refractivity contribution is 7.89. The lowest BCUT2D eigenvalue weighted by molar-refractivity contribution is -0.120. The van der Waals surface area contributed by atoms with E-state index in [0.29, 0.717) is 50.5 Å². The molecule has 1 aliphatic rings. The molecule has 3 rings (SSSR count). The number of nitrogens with zero attached hydrogens (tertiary/aromatic N) is 3. The van der Waals surface area contributed by atoms with Crippen molar-refractivity contribution in [3.8, 4) is 5.75 Å². The van der Waals surface area contributed by atoms with Crippen LogP contribution in [0.2, 0.25) is 0 Å². The van der Waals surface area contributed by atoms with E-state index in [4.69, 9.17) is 0 Å². The smallest absolute Gasteiger partial charge is 0.243 e. The summed E-state index contributed by atoms with van der Waals surface area (Å²) < 4.78 is 27.4. The molecule has 0 bridgehead atoms. The zero-order chi connectivity index (χ0) is 24.2. The molecule has 1 amide bonds. The van der Waals surface area contributed by atoms with Gasteiger partial charge in [-0.1, -0.05) is 32.0 Å². The van der Waals surface area contributed by atoms with E-state index in [1.807, 2.05) is 32.9 Å². The van der Waals surface area contributed by atoms with Crippen LogP contribution in [-0.2, 0) is 14.8 Å². The zero-order valence-corrected chi connectivity index (χ0v) is 20.6. The van der Waals surface area contributed by atoms with Crippen molar-refractivity contribution in [2.75, 3.05) is 49.5 Å². The van der Waals surface area contributed by atoms with E-state index < -0.39 is 10.0 Å². The summed E-state index contributed by atoms with van der Waals surface area (Å²) in [4.78, 5) is 17.4. The molecular formula is C24H34N4O4S. The molecule has 0 aliphatic carbocycles. The van der Waals surface area contributed by atoms with E-state index in [-0.39, 0.29) is 22.6 Å². The third kappa shape index (κ3) is 5.48. The first-order chi connectivity index (χ1) is 15.7. The van der Waals surface area contributed by atoms with Gasteiger partial charge in [0.15, 0.2) is 0 Å². The maximum absolute atomic E-state index is 13.0. The SMILES string of the molecule is CCN(CC)S(=O)(=O)c1cc(NC(=O)[C@H](C)N2CCN(c3ccccc3O)CC2)ccc1C. The monoisotopic (exact) mass is 474 g/mol. The first kappa shape index (κ1) is 25.0. The number of hydrogen-bond acceptors (Lipinski definition) is 6. The minimum atomic E-state index is -3.62. The lowest BCUT2D eigenvalue weighted by Gasteiger charge is -2.38. The molecule has 33 heavy (non-hydrogen) atoms. The molecule has 1 heterocycles. The Bertz CT molecular complexity index is 1080. The minimum absolute atomic E-state index is 0.180. The summed E-state index contributed by atoms with van der Waals surface area (Å²) in [5.74, 6) is 0.0765. The van der Waals surface area contributed by atoms with E-state index in [9.17, 15) is 18.3 Å². The Hall–Kier alpha value is -2.62. The van der Waals surface area contributed by atoms with E-state index >= 15 is 0 Å². The second kappa shape index (κ2) is 10.5. The van der Waals surface area contributed by atoms with Crippen molar-refractivity contribution in [1.82, 2.24) is 9.21 Å². The van der Waals surface area contributed by atoms with E-state index in [1.165, 1.54) is 4.31 Å². The van der Waals surface area contributed by atoms with Crippen molar-refractivity contribution in [3.05, 3.63) is 48.0 Å². The number of carbonyl (C=O) groups is 1. The maximum Gasteiger partial charge on any atom is 0.243 e. The molecule has 9 heteroatoms. The first-order valence-corrected chi connectivity index (χ1v) is 12.8. The highest BCUT2D eigenvalue weighted by Gasteiger charge is 2.28. The molecule has 0 radical (unpaired) electrons. The van der Waals surface area contributed by atoms with E-state index in [1.54, 1.807) is 37.3 Å². The fourth-order valence-corrected chi connectivity index (χ4v) is 5.86. The van der Waals surface area contributed by atoms with Gasteiger partial charge in [0.2, 0.25) is 15.9 Å². The van der Waals surface area contributed by atoms with Gasteiger partial charge in [-0.25, -0.2) is 8.42 Å². The van der Waals surface area contributed by atoms with Gasteiger partial charge in [0.1, 0.15) is 5.75 Å². The first-order valence-electron chi connectivity index (χ1n) is 11.4. The third-order valence-electron chi connectivity index (χ3n) is 6.24. The predicted molar refractivity (Wildman–Crippen MR) is 131 cm³/mol. The molecule has 180 valence electrons. The Morgan fingerprint density at radius 3 is 2.33 bits per heavy atom. The highest BCUT2D eigenvalue weighted by Crippen LogP contribution is 2.28. The molecule has 1 aliphatic heterocycles. The van der Waals surface area contributed by atoms with Crippen LogP contribution >= 0.6 is 0 Å². The molecule has 0 unspecified atom stereocenters. The minimum Gasteiger partial charge on any atom is -0.506 e. The summed E-state index contributed by atoms with van der Waals surface area (Å²) in [5, 5.41) is 13.0. The molecular weight excluding hydrogens is 440 g/mol. The molecule has 8 nitrogen and oxygen atoms in total. The van der Waals surface area contributed by atoms with Crippen molar-refractivity contribution in [3.63, 3.8) is 0 Å². The van der Waals surface area contributed by atoms with Gasteiger partial charge in [-0.2, -0.15) is 4.31 Å². The van der Waals surface area contributed by atoms with Gasteiger partial charge in [0.05, 0.1) is 16.6 Å². The van der Waals surface area contributed by atoms with Crippen LogP contribution < -0.4 is 10.2 Å². The molecule has 1 atom stereocenters. The highest BCUT2D eigenvalue weighted by atomic mass is 32.2. The lowest BCUT2D eigenvalue weighted by Crippen LogP contribution is -2.52. The summed E-state index contributed by atoms with van der Waals surface area (Å²) in [7, 11) is -3.62. The maximum atomic E-state index is 13.0. The molecule has 1 fully saturated rings. The number of rotatable bonds is 8. The molecule has 2 N–H and O–H groups in total. The number of sulfonamides is 1. The van der Waals surface area contributed by atoms with Crippen LogP contribution in [0.15, 0.2) is 47.4 Å². The molecule has 1 saturated heterocycles. The molecule has 0 saturated carbocycles. The van der Waals surface area contributed by atoms with Crippen molar-refractivity contribution >= 4 is 27.3 Å². The number of phenols is 1. The number of phenolic OH excluding ortho intramolecular Hbond substituents is 1. The average molecular weight is 475 g/mol. The summed E-state index contributed by atoms with van der Waals surface area (Å²) in [6.45, 7) is 10.8. The van der Waals surface area contributed by atoms with Crippen molar-refractivity contribution < 1.29 is 18.3 Å². The fourth-order valence-electron chi connectivity index (χ4n) is 4.15. The zero-order valence-electron chi connectivity index (χ0n) is 19.8. The Morgan fingerprint density at radius 2 is 1.73 bits per heavy atom. The number of carbonyl (C=O) groups excluding carboxylic acids is 1. The van der Waals surface area contributed by atoms with Gasteiger partial charge in [-0.3, -0.25) is 9.69 Å². The largest absolute Gasteiger partial charge is 0.506 e. The second-order valence-corrected chi connectivity index (χ2v) is 10.2. The quantitative estimate of drug-likeness (QED) is 0.611. The number of piperazine rings is 1. The predicted octanol–water partition coefficient (Wildman–Crippen LogP) is 2.88. The van der Waals surface area contributed by atoms with Crippen LogP contribution in [0.5, 0.6) is 5.75 Å². The normalized spacial score (nSPS) is 16.1. The number of aromatic hydroxyl groups is 1. The van der Waals surface area contributed by atoms with E-state index in [2.05, 4.69) is 15.1 Å². The standard InChI is InChI=1S/C24H34N4O4S/c1-5-28(6-2)33(31,32)23-17-20(12-11-18(23)3)25-24(30)19(4)26-13-15-27(16-14-26)21-9-7-8-10-22(21)29/h7-12,17,19,29H,5-6,13-16H2,1-4H3,(H,25,30)/t19-/m0/s1. The van der Waals surface area contributed by atoms with Gasteiger partial charge in [-0.15, -0.1) is 0 Å². The Labute approximate surface area is 196 Å². The summed E-state index contributed by atoms with van der Waals surface area (Å²) in [5.41, 5.74) is 1.92. The van der Waals surface area contributed by atoms with Gasteiger partial charge >= 0.3 is 0 Å². The van der Waals surface area contributed by atoms with Crippen molar-refractivity contribution in [1.29, 1.82) is 0 Å². The van der Waals surface area contributed by atoms with E-state index in [0.717, 1.165) is 5.69 Å². The number of para-hydroxylation sites is 2. The summed E-state index contributed by atoms with van der Waals surface area (Å²) in [6.07, 6.45) is 0. The third-order valence-corrected chi connectivity index (χ3v) is 8.43. The lowest BCUT2D eigenvalue weighted by atomic mass is 10.1. The van der Waals surface area contributed by atoms with Crippen molar-refractivity contribution in [2.24, 2.45) is 0 Å². The number of nitrogens with one attached hydrogen (secondary N) is 1. The van der Waals surface area contributed by atoms with Crippen LogP contribution in [0.25, 0.3) is 0 Å². The van der Waals surface area contributed by atoms with Gasteiger partial charge in [-0.05, 0) is 43.7 Å². The molecule has 2 aromatic rings. The molecule has 0 aromatic heterocycles. The Kier molecular flexibility index (Phi) is 7.99. The fraction of sp³-hybridized carbons (Fsp3) is 0.458. The van der Waals surface area contributed by atoms with Gasteiger partial charge in [0.25, 0.3) is 0 Å². The van der Waals surface area contributed by atoms with Crippen LogP contribution in [0.4, 0.5) is 11.4 Å². The van der Waals surface area contributed by atoms with Crippen LogP contribution in [0, 0.1) is 6.92 Å². The topological polar surface area (TPSA) is 93.2 Å².